The monoisotopic (exact) mass is 388 g/mol. The number of nitrogens with two attached hydrogens (primary N) is 1. The summed E-state index contributed by atoms with van der Waals surface area (Å²) in [5.74, 6) is 0.352. The van der Waals surface area contributed by atoms with Gasteiger partial charge in [-0.1, -0.05) is 18.9 Å². The zero-order valence-corrected chi connectivity index (χ0v) is 16.1. The number of aryl methyl sites for hydroxylation is 1. The lowest BCUT2D eigenvalue weighted by Gasteiger charge is -2.24. The van der Waals surface area contributed by atoms with Crippen LogP contribution in [-0.2, 0) is 10.0 Å². The molecule has 0 saturated carbocycles. The number of nitrogens with zero attached hydrogens (tertiary/aromatic N) is 2. The van der Waals surface area contributed by atoms with E-state index in [1.54, 1.807) is 24.3 Å². The lowest BCUT2D eigenvalue weighted by molar-refractivity contribution is 0.102. The molecule has 2 aromatic rings. The molecule has 0 radical (unpaired) electrons. The Morgan fingerprint density at radius 2 is 1.81 bits per heavy atom. The normalized spacial score (nSPS) is 15.3. The quantitative estimate of drug-likeness (QED) is 0.838. The van der Waals surface area contributed by atoms with E-state index in [1.165, 1.54) is 25.0 Å². The van der Waals surface area contributed by atoms with Gasteiger partial charge in [0.2, 0.25) is 10.0 Å². The number of carbonyl (C=O) groups excluding carboxylic acids is 1. The topological polar surface area (TPSA) is 105 Å². The van der Waals surface area contributed by atoms with Crippen molar-refractivity contribution in [1.82, 2.24) is 4.98 Å². The number of carbonyl (C=O) groups is 1. The van der Waals surface area contributed by atoms with E-state index in [9.17, 15) is 13.2 Å². The number of benzene rings is 1. The van der Waals surface area contributed by atoms with E-state index in [4.69, 9.17) is 5.14 Å². The van der Waals surface area contributed by atoms with Gasteiger partial charge in [0.15, 0.2) is 0 Å². The van der Waals surface area contributed by atoms with Gasteiger partial charge in [-0.05, 0) is 50.1 Å². The van der Waals surface area contributed by atoms with Crippen molar-refractivity contribution in [1.29, 1.82) is 0 Å². The van der Waals surface area contributed by atoms with Gasteiger partial charge >= 0.3 is 0 Å². The molecule has 0 unspecified atom stereocenters. The lowest BCUT2D eigenvalue weighted by Crippen LogP contribution is -2.28. The summed E-state index contributed by atoms with van der Waals surface area (Å²) in [5.41, 5.74) is 1.69. The number of amides is 1. The fourth-order valence-electron chi connectivity index (χ4n) is 3.19. The number of nitrogens with one attached hydrogen (secondary N) is 1. The molecule has 1 aromatic heterocycles. The summed E-state index contributed by atoms with van der Waals surface area (Å²) in [4.78, 5) is 19.6. The number of anilines is 2. The van der Waals surface area contributed by atoms with Crippen LogP contribution in [0.2, 0.25) is 0 Å². The van der Waals surface area contributed by atoms with Crippen molar-refractivity contribution < 1.29 is 13.2 Å². The van der Waals surface area contributed by atoms with Gasteiger partial charge in [0.05, 0.1) is 10.5 Å². The molecule has 1 aromatic carbocycles. The van der Waals surface area contributed by atoms with Crippen LogP contribution in [0.4, 0.5) is 11.5 Å². The number of aromatic nitrogens is 1. The Kier molecular flexibility index (Phi) is 5.76. The van der Waals surface area contributed by atoms with Gasteiger partial charge in [-0.15, -0.1) is 0 Å². The minimum absolute atomic E-state index is 0.0462. The first-order valence-corrected chi connectivity index (χ1v) is 10.6. The van der Waals surface area contributed by atoms with E-state index in [1.807, 2.05) is 6.92 Å². The van der Waals surface area contributed by atoms with Crippen molar-refractivity contribution >= 4 is 27.4 Å². The van der Waals surface area contributed by atoms with Crippen molar-refractivity contribution in [3.63, 3.8) is 0 Å². The van der Waals surface area contributed by atoms with E-state index in [-0.39, 0.29) is 10.8 Å². The maximum Gasteiger partial charge on any atom is 0.259 e. The Morgan fingerprint density at radius 3 is 2.48 bits per heavy atom. The molecular formula is C19H24N4O3S. The molecule has 1 fully saturated rings. The maximum atomic E-state index is 12.9. The molecule has 3 N–H and O–H groups in total. The van der Waals surface area contributed by atoms with Crippen molar-refractivity contribution in [3.05, 3.63) is 47.7 Å². The second kappa shape index (κ2) is 8.06. The van der Waals surface area contributed by atoms with Crippen LogP contribution in [0.5, 0.6) is 0 Å². The average Bonchev–Trinajstić information content (AvgIpc) is 2.90. The van der Waals surface area contributed by atoms with Crippen molar-refractivity contribution in [2.45, 2.75) is 37.5 Å². The van der Waals surface area contributed by atoms with Gasteiger partial charge in [0.25, 0.3) is 5.91 Å². The van der Waals surface area contributed by atoms with Crippen LogP contribution in [0.3, 0.4) is 0 Å². The predicted molar refractivity (Wildman–Crippen MR) is 105 cm³/mol. The standard InChI is InChI=1S/C19H24N4O3S/c1-14-9-10-17(18(21-14)23-11-4-2-3-5-12-23)19(24)22-15-7-6-8-16(13-15)27(20,25)26/h6-10,13H,2-5,11-12H2,1H3,(H,22,24)(H2,20,25,26). The van der Waals surface area contributed by atoms with Crippen LogP contribution in [0.15, 0.2) is 41.3 Å². The smallest absolute Gasteiger partial charge is 0.259 e. The molecule has 2 heterocycles. The summed E-state index contributed by atoms with van der Waals surface area (Å²) in [6.45, 7) is 3.65. The van der Waals surface area contributed by atoms with Gasteiger partial charge < -0.3 is 10.2 Å². The van der Waals surface area contributed by atoms with Gasteiger partial charge in [0, 0.05) is 24.5 Å². The zero-order valence-electron chi connectivity index (χ0n) is 15.3. The Hall–Kier alpha value is -2.45. The van der Waals surface area contributed by atoms with Gasteiger partial charge in [0.1, 0.15) is 5.82 Å². The SMILES string of the molecule is Cc1ccc(C(=O)Nc2cccc(S(N)(=O)=O)c2)c(N2CCCCCC2)n1. The molecule has 0 spiro atoms. The summed E-state index contributed by atoms with van der Waals surface area (Å²) in [5, 5.41) is 7.92. The number of pyridine rings is 1. The first-order valence-electron chi connectivity index (χ1n) is 9.01. The van der Waals surface area contributed by atoms with Gasteiger partial charge in [-0.2, -0.15) is 0 Å². The van der Waals surface area contributed by atoms with Crippen molar-refractivity contribution in [3.8, 4) is 0 Å². The first kappa shape index (κ1) is 19.3. The van der Waals surface area contributed by atoms with Crippen LogP contribution in [0, 0.1) is 6.92 Å². The Morgan fingerprint density at radius 1 is 1.11 bits per heavy atom. The molecule has 1 amide bonds. The minimum Gasteiger partial charge on any atom is -0.356 e. The summed E-state index contributed by atoms with van der Waals surface area (Å²) in [6.07, 6.45) is 4.52. The molecule has 1 aliphatic heterocycles. The number of rotatable bonds is 4. The van der Waals surface area contributed by atoms with E-state index < -0.39 is 10.0 Å². The summed E-state index contributed by atoms with van der Waals surface area (Å²) in [7, 11) is -3.83. The van der Waals surface area contributed by atoms with Crippen LogP contribution < -0.4 is 15.4 Å². The second-order valence-electron chi connectivity index (χ2n) is 6.75. The molecule has 3 rings (SSSR count). The largest absolute Gasteiger partial charge is 0.356 e. The van der Waals surface area contributed by atoms with Gasteiger partial charge in [-0.3, -0.25) is 4.79 Å². The molecule has 7 nitrogen and oxygen atoms in total. The molecule has 144 valence electrons. The molecular weight excluding hydrogens is 364 g/mol. The third-order valence-electron chi connectivity index (χ3n) is 4.59. The van der Waals surface area contributed by atoms with E-state index in [2.05, 4.69) is 15.2 Å². The molecule has 1 saturated heterocycles. The van der Waals surface area contributed by atoms with Crippen molar-refractivity contribution in [2.24, 2.45) is 5.14 Å². The third-order valence-corrected chi connectivity index (χ3v) is 5.50. The molecule has 0 atom stereocenters. The Bertz CT molecular complexity index is 936. The fourth-order valence-corrected chi connectivity index (χ4v) is 3.75. The predicted octanol–water partition coefficient (Wildman–Crippen LogP) is 2.67. The molecule has 0 bridgehead atoms. The number of hydrogen-bond acceptors (Lipinski definition) is 5. The number of primary sulfonamides is 1. The zero-order chi connectivity index (χ0) is 19.4. The second-order valence-corrected chi connectivity index (χ2v) is 8.31. The molecule has 1 aliphatic rings. The van der Waals surface area contributed by atoms with Gasteiger partial charge in [-0.25, -0.2) is 18.5 Å². The summed E-state index contributed by atoms with van der Waals surface area (Å²) >= 11 is 0. The first-order chi connectivity index (χ1) is 12.8. The number of sulfonamides is 1. The van der Waals surface area contributed by atoms with E-state index in [0.29, 0.717) is 17.1 Å². The van der Waals surface area contributed by atoms with Crippen LogP contribution >= 0.6 is 0 Å². The molecule has 27 heavy (non-hydrogen) atoms. The third kappa shape index (κ3) is 4.84. The Labute approximate surface area is 159 Å². The summed E-state index contributed by atoms with van der Waals surface area (Å²) < 4.78 is 23.0. The minimum atomic E-state index is -3.83. The van der Waals surface area contributed by atoms with Crippen LogP contribution in [-0.4, -0.2) is 32.4 Å². The van der Waals surface area contributed by atoms with E-state index >= 15 is 0 Å². The highest BCUT2D eigenvalue weighted by molar-refractivity contribution is 7.89. The maximum absolute atomic E-state index is 12.9. The van der Waals surface area contributed by atoms with Crippen LogP contribution in [0.1, 0.15) is 41.7 Å². The molecule has 8 heteroatoms. The number of hydrogen-bond donors (Lipinski definition) is 2. The highest BCUT2D eigenvalue weighted by atomic mass is 32.2. The highest BCUT2D eigenvalue weighted by Gasteiger charge is 2.20. The summed E-state index contributed by atoms with van der Waals surface area (Å²) in [6, 6.07) is 9.47. The fraction of sp³-hybridized carbons (Fsp3) is 0.368. The van der Waals surface area contributed by atoms with Crippen LogP contribution in [0.25, 0.3) is 0 Å². The van der Waals surface area contributed by atoms with Crippen molar-refractivity contribution in [2.75, 3.05) is 23.3 Å². The average molecular weight is 388 g/mol. The highest BCUT2D eigenvalue weighted by Crippen LogP contribution is 2.24. The molecule has 0 aliphatic carbocycles. The Balaban J connectivity index is 1.89. The van der Waals surface area contributed by atoms with E-state index in [0.717, 1.165) is 31.6 Å². The lowest BCUT2D eigenvalue weighted by atomic mass is 10.2.